The van der Waals surface area contributed by atoms with Gasteiger partial charge in [0.15, 0.2) is 0 Å². The number of piperazine rings is 1. The lowest BCUT2D eigenvalue weighted by molar-refractivity contribution is -0.143. The molecular formula is C32H33F7N4O3S. The van der Waals surface area contributed by atoms with Gasteiger partial charge in [-0.15, -0.1) is 0 Å². The Morgan fingerprint density at radius 1 is 0.872 bits per heavy atom. The Morgan fingerprint density at radius 2 is 1.40 bits per heavy atom. The number of rotatable bonds is 6. The molecule has 3 aromatic rings. The van der Waals surface area contributed by atoms with Crippen LogP contribution in [0.5, 0.6) is 0 Å². The van der Waals surface area contributed by atoms with E-state index in [1.807, 2.05) is 4.90 Å². The summed E-state index contributed by atoms with van der Waals surface area (Å²) in [6.07, 6.45) is -6.29. The SMILES string of the molecule is Cc1cc(F)ccc1-c1cc(N2CC3CCC(C2)N3S(C)(=O)=O)ncc1N(C)C(=O)C(C)(C)c1cc(C(F)(F)F)cc(C(F)(F)F)c1. The van der Waals surface area contributed by atoms with Gasteiger partial charge in [0.05, 0.1) is 34.7 Å². The number of anilines is 2. The highest BCUT2D eigenvalue weighted by Gasteiger charge is 2.45. The Morgan fingerprint density at radius 3 is 1.89 bits per heavy atom. The maximum absolute atomic E-state index is 14.1. The van der Waals surface area contributed by atoms with Crippen molar-refractivity contribution < 1.29 is 43.9 Å². The quantitative estimate of drug-likeness (QED) is 0.267. The van der Waals surface area contributed by atoms with Crippen LogP contribution in [0.2, 0.25) is 0 Å². The Hall–Kier alpha value is -3.72. The fourth-order valence-electron chi connectivity index (χ4n) is 6.58. The third-order valence-electron chi connectivity index (χ3n) is 8.98. The van der Waals surface area contributed by atoms with E-state index >= 15 is 0 Å². The van der Waals surface area contributed by atoms with E-state index in [1.165, 1.54) is 55.9 Å². The number of carbonyl (C=O) groups excluding carboxylic acids is 1. The molecule has 1 aromatic heterocycles. The minimum atomic E-state index is -5.10. The zero-order valence-corrected chi connectivity index (χ0v) is 27.0. The van der Waals surface area contributed by atoms with E-state index in [2.05, 4.69) is 4.98 Å². The van der Waals surface area contributed by atoms with E-state index in [9.17, 15) is 43.9 Å². The predicted molar refractivity (Wildman–Crippen MR) is 163 cm³/mol. The van der Waals surface area contributed by atoms with Crippen molar-refractivity contribution >= 4 is 27.4 Å². The molecule has 0 radical (unpaired) electrons. The fourth-order valence-corrected chi connectivity index (χ4v) is 8.01. The van der Waals surface area contributed by atoms with Crippen LogP contribution in [0.25, 0.3) is 11.1 Å². The Bertz CT molecular complexity index is 1780. The number of aromatic nitrogens is 1. The highest BCUT2D eigenvalue weighted by molar-refractivity contribution is 7.88. The average Bonchev–Trinajstić information content (AvgIpc) is 3.26. The van der Waals surface area contributed by atoms with Crippen LogP contribution in [-0.2, 0) is 32.6 Å². The molecule has 254 valence electrons. The van der Waals surface area contributed by atoms with Crippen molar-refractivity contribution in [1.29, 1.82) is 0 Å². The molecule has 47 heavy (non-hydrogen) atoms. The summed E-state index contributed by atoms with van der Waals surface area (Å²) in [4.78, 5) is 21.6. The lowest BCUT2D eigenvalue weighted by Gasteiger charge is -2.40. The van der Waals surface area contributed by atoms with Crippen LogP contribution < -0.4 is 9.80 Å². The average molecular weight is 687 g/mol. The number of aryl methyl sites for hydroxylation is 1. The highest BCUT2D eigenvalue weighted by Crippen LogP contribution is 2.42. The molecule has 0 saturated carbocycles. The normalized spacial score (nSPS) is 19.3. The van der Waals surface area contributed by atoms with Crippen molar-refractivity contribution in [2.24, 2.45) is 0 Å². The Labute approximate surface area is 268 Å². The second-order valence-corrected chi connectivity index (χ2v) is 14.6. The molecule has 1 amide bonds. The molecule has 2 bridgehead atoms. The third-order valence-corrected chi connectivity index (χ3v) is 10.3. The van der Waals surface area contributed by atoms with Crippen LogP contribution in [0.15, 0.2) is 48.7 Å². The summed E-state index contributed by atoms with van der Waals surface area (Å²) in [6, 6.07) is 6.25. The van der Waals surface area contributed by atoms with Gasteiger partial charge >= 0.3 is 12.4 Å². The van der Waals surface area contributed by atoms with Gasteiger partial charge in [-0.25, -0.2) is 17.8 Å². The molecule has 0 aliphatic carbocycles. The van der Waals surface area contributed by atoms with Gasteiger partial charge in [0.2, 0.25) is 15.9 Å². The molecule has 2 aliphatic rings. The summed E-state index contributed by atoms with van der Waals surface area (Å²) in [6.45, 7) is 4.85. The molecule has 2 atom stereocenters. The van der Waals surface area contributed by atoms with Crippen LogP contribution in [0.1, 0.15) is 48.9 Å². The Balaban J connectivity index is 1.57. The molecular weight excluding hydrogens is 653 g/mol. The first kappa shape index (κ1) is 34.6. The van der Waals surface area contributed by atoms with Gasteiger partial charge in [-0.2, -0.15) is 30.6 Å². The number of sulfonamides is 1. The number of benzene rings is 2. The molecule has 2 unspecified atom stereocenters. The van der Waals surface area contributed by atoms with Gasteiger partial charge in [0.25, 0.3) is 0 Å². The number of carbonyl (C=O) groups is 1. The lowest BCUT2D eigenvalue weighted by atomic mass is 9.81. The standard InChI is InChI=1S/C32H33F7N4O3S/c1-18-10-22(33)6-9-25(18)26-14-28(42-16-23-7-8-24(17-42)43(23)47(5,45)46)40-15-27(26)41(4)29(44)30(2,3)19-11-20(31(34,35)36)13-21(12-19)32(37,38)39/h6,9-15,23-24H,7-8,16-17H2,1-5H3. The minimum absolute atomic E-state index is 0.00771. The lowest BCUT2D eigenvalue weighted by Crippen LogP contribution is -2.55. The number of hydrogen-bond donors (Lipinski definition) is 0. The number of likely N-dealkylation sites (N-methyl/N-ethyl adjacent to an activating group) is 1. The van der Waals surface area contributed by atoms with E-state index < -0.39 is 56.2 Å². The summed E-state index contributed by atoms with van der Waals surface area (Å²) in [7, 11) is -2.09. The largest absolute Gasteiger partial charge is 0.416 e. The zero-order valence-electron chi connectivity index (χ0n) is 26.2. The molecule has 7 nitrogen and oxygen atoms in total. The van der Waals surface area contributed by atoms with Gasteiger partial charge in [-0.3, -0.25) is 4.79 Å². The van der Waals surface area contributed by atoms with Gasteiger partial charge in [-0.1, -0.05) is 6.07 Å². The Kier molecular flexibility index (Phi) is 8.66. The van der Waals surface area contributed by atoms with E-state index in [0.717, 1.165) is 4.90 Å². The van der Waals surface area contributed by atoms with Crippen molar-refractivity contribution in [3.63, 3.8) is 0 Å². The van der Waals surface area contributed by atoms with Crippen molar-refractivity contribution in [3.8, 4) is 11.1 Å². The summed E-state index contributed by atoms with van der Waals surface area (Å²) >= 11 is 0. The first-order chi connectivity index (χ1) is 21.6. The number of amides is 1. The first-order valence-corrected chi connectivity index (χ1v) is 16.5. The molecule has 2 fully saturated rings. The van der Waals surface area contributed by atoms with Crippen LogP contribution in [0, 0.1) is 12.7 Å². The number of pyridine rings is 1. The van der Waals surface area contributed by atoms with Gasteiger partial charge < -0.3 is 9.80 Å². The van der Waals surface area contributed by atoms with Crippen LogP contribution >= 0.6 is 0 Å². The van der Waals surface area contributed by atoms with Gasteiger partial charge in [0.1, 0.15) is 11.6 Å². The predicted octanol–water partition coefficient (Wildman–Crippen LogP) is 6.79. The highest BCUT2D eigenvalue weighted by atomic mass is 32.2. The monoisotopic (exact) mass is 686 g/mol. The van der Waals surface area contributed by atoms with E-state index in [1.54, 1.807) is 13.0 Å². The molecule has 15 heteroatoms. The minimum Gasteiger partial charge on any atom is -0.353 e. The van der Waals surface area contributed by atoms with Crippen LogP contribution in [0.4, 0.5) is 42.2 Å². The van der Waals surface area contributed by atoms with Crippen molar-refractivity contribution in [1.82, 2.24) is 9.29 Å². The van der Waals surface area contributed by atoms with E-state index in [0.29, 0.717) is 60.6 Å². The maximum Gasteiger partial charge on any atom is 0.416 e. The van der Waals surface area contributed by atoms with Crippen molar-refractivity contribution in [3.05, 3.63) is 76.7 Å². The molecule has 0 N–H and O–H groups in total. The number of fused-ring (bicyclic) bond motifs is 2. The maximum atomic E-state index is 14.1. The molecule has 0 spiro atoms. The van der Waals surface area contributed by atoms with Gasteiger partial charge in [-0.05, 0) is 86.7 Å². The summed E-state index contributed by atoms with van der Waals surface area (Å²) in [5.41, 5.74) is -3.82. The smallest absolute Gasteiger partial charge is 0.353 e. The van der Waals surface area contributed by atoms with E-state index in [-0.39, 0.29) is 23.8 Å². The number of halogens is 7. The number of alkyl halides is 6. The zero-order chi connectivity index (χ0) is 34.9. The topological polar surface area (TPSA) is 73.8 Å². The molecule has 2 aromatic carbocycles. The molecule has 2 saturated heterocycles. The first-order valence-electron chi connectivity index (χ1n) is 14.7. The summed E-state index contributed by atoms with van der Waals surface area (Å²) in [5.74, 6) is -0.864. The third kappa shape index (κ3) is 6.69. The fraction of sp³-hybridized carbons (Fsp3) is 0.438. The van der Waals surface area contributed by atoms with Gasteiger partial charge in [0, 0.05) is 37.8 Å². The number of hydrogen-bond acceptors (Lipinski definition) is 5. The molecule has 3 heterocycles. The van der Waals surface area contributed by atoms with Crippen LogP contribution in [0.3, 0.4) is 0 Å². The summed E-state index contributed by atoms with van der Waals surface area (Å²) in [5, 5.41) is 0. The van der Waals surface area contributed by atoms with Crippen LogP contribution in [-0.4, -0.2) is 62.1 Å². The molecule has 2 aliphatic heterocycles. The van der Waals surface area contributed by atoms with Crippen molar-refractivity contribution in [2.45, 2.75) is 63.5 Å². The van der Waals surface area contributed by atoms with Crippen molar-refractivity contribution in [2.75, 3.05) is 36.2 Å². The molecule has 5 rings (SSSR count). The van der Waals surface area contributed by atoms with E-state index in [4.69, 9.17) is 0 Å². The number of nitrogens with zero attached hydrogens (tertiary/aromatic N) is 4. The second-order valence-electron chi connectivity index (χ2n) is 12.7. The second kappa shape index (κ2) is 11.8. The summed E-state index contributed by atoms with van der Waals surface area (Å²) < 4.78 is 122.